The van der Waals surface area contributed by atoms with Crippen molar-refractivity contribution >= 4 is 47.1 Å². The van der Waals surface area contributed by atoms with Gasteiger partial charge in [0.25, 0.3) is 0 Å². The minimum absolute atomic E-state index is 0. The van der Waals surface area contributed by atoms with Gasteiger partial charge in [-0.05, 0) is 6.07 Å². The third kappa shape index (κ3) is 3.29. The molecule has 0 aromatic heterocycles. The van der Waals surface area contributed by atoms with Gasteiger partial charge in [0.05, 0.1) is 0 Å². The molecule has 1 rings (SSSR count). The van der Waals surface area contributed by atoms with E-state index in [0.29, 0.717) is 0 Å². The number of halogens is 1. The van der Waals surface area contributed by atoms with E-state index in [1.807, 2.05) is 0 Å². The van der Waals surface area contributed by atoms with Gasteiger partial charge in [-0.2, -0.15) is 0 Å². The zero-order valence-electron chi connectivity index (χ0n) is 6.07. The van der Waals surface area contributed by atoms with Crippen LogP contribution in [-0.4, -0.2) is 45.7 Å². The molecular formula is C8H8ClNaO3. The number of carboxylic acid groups (broad SMARTS) is 1. The van der Waals surface area contributed by atoms with E-state index >= 15 is 0 Å². The van der Waals surface area contributed by atoms with Gasteiger partial charge >= 0.3 is 35.5 Å². The fourth-order valence-corrected chi connectivity index (χ4v) is 1.07. The summed E-state index contributed by atoms with van der Waals surface area (Å²) in [4.78, 5) is 10.3. The Morgan fingerprint density at radius 3 is 2.38 bits per heavy atom. The maximum atomic E-state index is 10.3. The summed E-state index contributed by atoms with van der Waals surface area (Å²) in [5.74, 6) is -1.30. The van der Waals surface area contributed by atoms with Crippen molar-refractivity contribution in [2.24, 2.45) is 0 Å². The number of benzene rings is 1. The first kappa shape index (κ1) is 12.9. The Morgan fingerprint density at radius 2 is 1.92 bits per heavy atom. The van der Waals surface area contributed by atoms with Crippen LogP contribution in [0.1, 0.15) is 11.7 Å². The van der Waals surface area contributed by atoms with Gasteiger partial charge in [-0.25, -0.2) is 4.79 Å². The number of aliphatic hydroxyl groups is 1. The number of carboxylic acids is 1. The average molecular weight is 211 g/mol. The summed E-state index contributed by atoms with van der Waals surface area (Å²) in [5.41, 5.74) is 0.215. The first-order chi connectivity index (χ1) is 5.63. The Balaban J connectivity index is 0.00000144. The SMILES string of the molecule is O=C(O)C(O)c1ccccc1Cl.[NaH]. The number of carbonyl (C=O) groups is 1. The quantitative estimate of drug-likeness (QED) is 0.711. The standard InChI is InChI=1S/C8H7ClO3.Na.H/c9-6-4-2-1-3-5(6)7(10)8(11)12;;/h1-4,7,10H,(H,11,12);;. The molecule has 0 aliphatic carbocycles. The van der Waals surface area contributed by atoms with Crippen LogP contribution in [0.4, 0.5) is 0 Å². The molecule has 0 radical (unpaired) electrons. The van der Waals surface area contributed by atoms with Gasteiger partial charge in [0.2, 0.25) is 0 Å². The first-order valence-electron chi connectivity index (χ1n) is 3.28. The molecule has 0 saturated carbocycles. The summed E-state index contributed by atoms with van der Waals surface area (Å²) in [7, 11) is 0. The maximum absolute atomic E-state index is 10.3. The van der Waals surface area contributed by atoms with Crippen molar-refractivity contribution in [3.05, 3.63) is 34.9 Å². The predicted molar refractivity (Wildman–Crippen MR) is 51.2 cm³/mol. The van der Waals surface area contributed by atoms with Crippen LogP contribution in [0.25, 0.3) is 0 Å². The number of aliphatic carboxylic acids is 1. The molecular weight excluding hydrogens is 203 g/mol. The Bertz CT molecular complexity index is 303. The van der Waals surface area contributed by atoms with Crippen LogP contribution in [0, 0.1) is 0 Å². The molecule has 5 heteroatoms. The molecule has 0 amide bonds. The van der Waals surface area contributed by atoms with E-state index in [0.717, 1.165) is 0 Å². The van der Waals surface area contributed by atoms with Crippen LogP contribution in [0.3, 0.4) is 0 Å². The van der Waals surface area contributed by atoms with E-state index in [4.69, 9.17) is 21.8 Å². The molecule has 0 heterocycles. The van der Waals surface area contributed by atoms with Gasteiger partial charge < -0.3 is 10.2 Å². The normalized spacial score (nSPS) is 11.5. The van der Waals surface area contributed by atoms with E-state index < -0.39 is 12.1 Å². The second kappa shape index (κ2) is 5.62. The van der Waals surface area contributed by atoms with Crippen LogP contribution in [0.15, 0.2) is 24.3 Å². The molecule has 1 atom stereocenters. The second-order valence-corrected chi connectivity index (χ2v) is 2.67. The number of hydrogen-bond acceptors (Lipinski definition) is 2. The molecule has 0 fully saturated rings. The molecule has 66 valence electrons. The molecule has 0 saturated heterocycles. The van der Waals surface area contributed by atoms with Crippen molar-refractivity contribution in [3.63, 3.8) is 0 Å². The summed E-state index contributed by atoms with van der Waals surface area (Å²) in [6.07, 6.45) is -1.54. The van der Waals surface area contributed by atoms with E-state index in [9.17, 15) is 4.79 Å². The van der Waals surface area contributed by atoms with E-state index in [1.54, 1.807) is 12.1 Å². The Morgan fingerprint density at radius 1 is 1.38 bits per heavy atom. The van der Waals surface area contributed by atoms with Gasteiger partial charge in [-0.1, -0.05) is 29.8 Å². The average Bonchev–Trinajstić information content (AvgIpc) is 2.04. The molecule has 1 aromatic carbocycles. The van der Waals surface area contributed by atoms with Crippen molar-refractivity contribution in [1.82, 2.24) is 0 Å². The second-order valence-electron chi connectivity index (χ2n) is 2.26. The van der Waals surface area contributed by atoms with Gasteiger partial charge in [0, 0.05) is 10.6 Å². The number of aliphatic hydroxyl groups excluding tert-OH is 1. The first-order valence-corrected chi connectivity index (χ1v) is 3.66. The van der Waals surface area contributed by atoms with E-state index in [-0.39, 0.29) is 40.1 Å². The van der Waals surface area contributed by atoms with Crippen LogP contribution in [0.2, 0.25) is 5.02 Å². The van der Waals surface area contributed by atoms with Crippen LogP contribution < -0.4 is 0 Å². The van der Waals surface area contributed by atoms with Crippen molar-refractivity contribution in [2.75, 3.05) is 0 Å². The molecule has 1 aromatic rings. The van der Waals surface area contributed by atoms with Crippen LogP contribution in [0.5, 0.6) is 0 Å². The molecule has 0 spiro atoms. The molecule has 0 aliphatic heterocycles. The fraction of sp³-hybridized carbons (Fsp3) is 0.125. The van der Waals surface area contributed by atoms with Crippen molar-refractivity contribution in [2.45, 2.75) is 6.10 Å². The van der Waals surface area contributed by atoms with Crippen LogP contribution >= 0.6 is 11.6 Å². The summed E-state index contributed by atoms with van der Waals surface area (Å²) >= 11 is 5.64. The van der Waals surface area contributed by atoms with E-state index in [2.05, 4.69) is 0 Å². The zero-order chi connectivity index (χ0) is 9.14. The number of rotatable bonds is 2. The van der Waals surface area contributed by atoms with Crippen molar-refractivity contribution in [3.8, 4) is 0 Å². The Labute approximate surface area is 103 Å². The molecule has 0 aliphatic rings. The fourth-order valence-electron chi connectivity index (χ4n) is 0.830. The Kier molecular flexibility index (Phi) is 5.60. The van der Waals surface area contributed by atoms with Crippen molar-refractivity contribution < 1.29 is 15.0 Å². The van der Waals surface area contributed by atoms with Gasteiger partial charge in [-0.3, -0.25) is 0 Å². The van der Waals surface area contributed by atoms with Crippen molar-refractivity contribution in [1.29, 1.82) is 0 Å². The predicted octanol–water partition coefficient (Wildman–Crippen LogP) is 0.809. The molecule has 0 bridgehead atoms. The Hall–Kier alpha value is -0.0600. The zero-order valence-corrected chi connectivity index (χ0v) is 6.82. The minimum atomic E-state index is -1.54. The third-order valence-corrected chi connectivity index (χ3v) is 1.78. The van der Waals surface area contributed by atoms with Crippen LogP contribution in [-0.2, 0) is 4.79 Å². The van der Waals surface area contributed by atoms with Gasteiger partial charge in [-0.15, -0.1) is 0 Å². The van der Waals surface area contributed by atoms with E-state index in [1.165, 1.54) is 12.1 Å². The molecule has 13 heavy (non-hydrogen) atoms. The molecule has 3 nitrogen and oxygen atoms in total. The molecule has 2 N–H and O–H groups in total. The summed E-state index contributed by atoms with van der Waals surface area (Å²) in [6.45, 7) is 0. The topological polar surface area (TPSA) is 57.5 Å². The summed E-state index contributed by atoms with van der Waals surface area (Å²) in [5, 5.41) is 17.8. The third-order valence-electron chi connectivity index (χ3n) is 1.43. The number of hydrogen-bond donors (Lipinski definition) is 2. The summed E-state index contributed by atoms with van der Waals surface area (Å²) < 4.78 is 0. The monoisotopic (exact) mass is 210 g/mol. The van der Waals surface area contributed by atoms with Gasteiger partial charge in [0.15, 0.2) is 6.10 Å². The van der Waals surface area contributed by atoms with Gasteiger partial charge in [0.1, 0.15) is 0 Å². The summed E-state index contributed by atoms with van der Waals surface area (Å²) in [6, 6.07) is 6.29. The molecule has 1 unspecified atom stereocenters.